The first-order chi connectivity index (χ1) is 7.65. The highest BCUT2D eigenvalue weighted by molar-refractivity contribution is 5.84. The molecular weight excluding hydrogens is 212 g/mol. The van der Waals surface area contributed by atoms with Crippen molar-refractivity contribution in [3.8, 4) is 11.5 Å². The van der Waals surface area contributed by atoms with E-state index in [-0.39, 0.29) is 29.1 Å². The maximum absolute atomic E-state index is 11.6. The van der Waals surface area contributed by atoms with E-state index in [4.69, 9.17) is 14.3 Å². The van der Waals surface area contributed by atoms with Crippen molar-refractivity contribution in [3.63, 3.8) is 0 Å². The zero-order valence-electron chi connectivity index (χ0n) is 8.56. The van der Waals surface area contributed by atoms with Crippen LogP contribution in [0.1, 0.15) is 5.76 Å². The van der Waals surface area contributed by atoms with Crippen molar-refractivity contribution < 1.29 is 19.4 Å². The maximum Gasteiger partial charge on any atom is 0.196 e. The summed E-state index contributed by atoms with van der Waals surface area (Å²) in [4.78, 5) is 11.6. The van der Waals surface area contributed by atoms with E-state index in [1.807, 2.05) is 0 Å². The fourth-order valence-corrected chi connectivity index (χ4v) is 1.49. The zero-order valence-corrected chi connectivity index (χ0v) is 8.56. The Labute approximate surface area is 90.5 Å². The molecule has 16 heavy (non-hydrogen) atoms. The quantitative estimate of drug-likeness (QED) is 0.792. The molecule has 0 atom stereocenters. The van der Waals surface area contributed by atoms with Crippen molar-refractivity contribution in [1.29, 1.82) is 0 Å². The molecule has 0 aliphatic heterocycles. The van der Waals surface area contributed by atoms with Gasteiger partial charge in [-0.2, -0.15) is 0 Å². The molecule has 1 aromatic carbocycles. The van der Waals surface area contributed by atoms with E-state index < -0.39 is 5.43 Å². The number of aromatic hydroxyl groups is 1. The molecule has 5 heteroatoms. The average Bonchev–Trinajstić information content (AvgIpc) is 2.27. The lowest BCUT2D eigenvalue weighted by Crippen LogP contribution is -2.02. The topological polar surface area (TPSA) is 79.9 Å². The number of ether oxygens (including phenoxy) is 1. The van der Waals surface area contributed by atoms with Gasteiger partial charge in [0.25, 0.3) is 0 Å². The van der Waals surface area contributed by atoms with Gasteiger partial charge in [-0.1, -0.05) is 0 Å². The molecule has 0 aliphatic rings. The van der Waals surface area contributed by atoms with Crippen LogP contribution in [0.15, 0.2) is 27.4 Å². The third kappa shape index (κ3) is 1.61. The molecule has 2 N–H and O–H groups in total. The molecule has 1 heterocycles. The highest BCUT2D eigenvalue weighted by Crippen LogP contribution is 2.28. The van der Waals surface area contributed by atoms with Crippen LogP contribution in [0, 0.1) is 0 Å². The standard InChI is InChI=1S/C11H10O5/c1-15-6-2-8(13)11-9(14)3-7(5-12)16-10(11)4-6/h2-4,12-13H,5H2,1H3. The van der Waals surface area contributed by atoms with Gasteiger partial charge in [-0.05, 0) is 0 Å². The average molecular weight is 222 g/mol. The number of phenolic OH excluding ortho intramolecular Hbond substituents is 1. The van der Waals surface area contributed by atoms with Gasteiger partial charge in [0.05, 0.1) is 7.11 Å². The highest BCUT2D eigenvalue weighted by Gasteiger charge is 2.10. The number of benzene rings is 1. The number of methoxy groups -OCH3 is 1. The van der Waals surface area contributed by atoms with E-state index in [1.165, 1.54) is 19.2 Å². The molecule has 0 radical (unpaired) electrons. The van der Waals surface area contributed by atoms with Crippen molar-refractivity contribution in [2.24, 2.45) is 0 Å². The van der Waals surface area contributed by atoms with Crippen molar-refractivity contribution in [1.82, 2.24) is 0 Å². The summed E-state index contributed by atoms with van der Waals surface area (Å²) in [7, 11) is 1.44. The lowest BCUT2D eigenvalue weighted by atomic mass is 10.2. The number of fused-ring (bicyclic) bond motifs is 1. The van der Waals surface area contributed by atoms with Gasteiger partial charge in [-0.25, -0.2) is 0 Å². The van der Waals surface area contributed by atoms with E-state index in [0.717, 1.165) is 6.07 Å². The van der Waals surface area contributed by atoms with Crippen LogP contribution in [0.2, 0.25) is 0 Å². The second kappa shape index (κ2) is 3.86. The molecule has 0 saturated heterocycles. The summed E-state index contributed by atoms with van der Waals surface area (Å²) in [5.74, 6) is 0.320. The van der Waals surface area contributed by atoms with Crippen LogP contribution in [0.3, 0.4) is 0 Å². The third-order valence-electron chi connectivity index (χ3n) is 2.23. The van der Waals surface area contributed by atoms with Gasteiger partial charge in [-0.3, -0.25) is 4.79 Å². The van der Waals surface area contributed by atoms with E-state index >= 15 is 0 Å². The van der Waals surface area contributed by atoms with Gasteiger partial charge in [-0.15, -0.1) is 0 Å². The number of hydrogen-bond donors (Lipinski definition) is 2. The zero-order chi connectivity index (χ0) is 11.7. The number of rotatable bonds is 2. The molecule has 0 aliphatic carbocycles. The van der Waals surface area contributed by atoms with Crippen LogP contribution in [0.5, 0.6) is 11.5 Å². The van der Waals surface area contributed by atoms with Gasteiger partial charge in [0, 0.05) is 18.2 Å². The van der Waals surface area contributed by atoms with Crippen LogP contribution >= 0.6 is 0 Å². The molecule has 2 aromatic rings. The molecule has 2 rings (SSSR count). The number of aliphatic hydroxyl groups is 1. The molecule has 0 amide bonds. The largest absolute Gasteiger partial charge is 0.507 e. The van der Waals surface area contributed by atoms with E-state index in [2.05, 4.69) is 0 Å². The summed E-state index contributed by atoms with van der Waals surface area (Å²) in [6.45, 7) is -0.372. The molecule has 0 spiro atoms. The van der Waals surface area contributed by atoms with Gasteiger partial charge >= 0.3 is 0 Å². The first-order valence-electron chi connectivity index (χ1n) is 4.60. The fourth-order valence-electron chi connectivity index (χ4n) is 1.49. The summed E-state index contributed by atoms with van der Waals surface area (Å²) in [5.41, 5.74) is -0.209. The van der Waals surface area contributed by atoms with Gasteiger partial charge in [0.15, 0.2) is 5.43 Å². The first-order valence-corrected chi connectivity index (χ1v) is 4.60. The van der Waals surface area contributed by atoms with Gasteiger partial charge in [0.1, 0.15) is 34.8 Å². The van der Waals surface area contributed by atoms with Crippen LogP contribution in [-0.4, -0.2) is 17.3 Å². The van der Waals surface area contributed by atoms with Gasteiger partial charge in [0.2, 0.25) is 0 Å². The lowest BCUT2D eigenvalue weighted by molar-refractivity contribution is 0.248. The van der Waals surface area contributed by atoms with Crippen molar-refractivity contribution >= 4 is 11.0 Å². The van der Waals surface area contributed by atoms with Gasteiger partial charge < -0.3 is 19.4 Å². The molecule has 84 valence electrons. The van der Waals surface area contributed by atoms with E-state index in [1.54, 1.807) is 0 Å². The Morgan fingerprint density at radius 1 is 1.38 bits per heavy atom. The number of phenols is 1. The Bertz CT molecular complexity index is 579. The Kier molecular flexibility index (Phi) is 2.54. The summed E-state index contributed by atoms with van der Waals surface area (Å²) < 4.78 is 10.2. The highest BCUT2D eigenvalue weighted by atomic mass is 16.5. The second-order valence-electron chi connectivity index (χ2n) is 3.25. The minimum Gasteiger partial charge on any atom is -0.507 e. The fraction of sp³-hybridized carbons (Fsp3) is 0.182. The number of aliphatic hydroxyl groups excluding tert-OH is 1. The third-order valence-corrected chi connectivity index (χ3v) is 2.23. The monoisotopic (exact) mass is 222 g/mol. The Hall–Kier alpha value is -2.01. The first kappa shape index (κ1) is 10.5. The van der Waals surface area contributed by atoms with E-state index in [9.17, 15) is 9.90 Å². The summed E-state index contributed by atoms with van der Waals surface area (Å²) in [5, 5.41) is 18.6. The van der Waals surface area contributed by atoms with Crippen molar-refractivity contribution in [2.75, 3.05) is 7.11 Å². The Balaban J connectivity index is 2.84. The second-order valence-corrected chi connectivity index (χ2v) is 3.25. The van der Waals surface area contributed by atoms with Crippen LogP contribution in [-0.2, 0) is 6.61 Å². The summed E-state index contributed by atoms with van der Waals surface area (Å²) in [6, 6.07) is 3.96. The Morgan fingerprint density at radius 2 is 2.12 bits per heavy atom. The summed E-state index contributed by atoms with van der Waals surface area (Å²) in [6.07, 6.45) is 0. The molecule has 0 bridgehead atoms. The van der Waals surface area contributed by atoms with Crippen molar-refractivity contribution in [2.45, 2.75) is 6.61 Å². The maximum atomic E-state index is 11.6. The lowest BCUT2D eigenvalue weighted by Gasteiger charge is -2.05. The molecule has 0 unspecified atom stereocenters. The smallest absolute Gasteiger partial charge is 0.196 e. The molecular formula is C11H10O5. The minimum atomic E-state index is -0.398. The number of hydrogen-bond acceptors (Lipinski definition) is 5. The Morgan fingerprint density at radius 3 is 2.75 bits per heavy atom. The SMILES string of the molecule is COc1cc(O)c2c(=O)cc(CO)oc2c1. The van der Waals surface area contributed by atoms with E-state index in [0.29, 0.717) is 5.75 Å². The van der Waals surface area contributed by atoms with Crippen LogP contribution in [0.4, 0.5) is 0 Å². The minimum absolute atomic E-state index is 0.0815. The predicted octanol–water partition coefficient (Wildman–Crippen LogP) is 0.999. The van der Waals surface area contributed by atoms with Crippen LogP contribution in [0.25, 0.3) is 11.0 Å². The van der Waals surface area contributed by atoms with Crippen molar-refractivity contribution in [3.05, 3.63) is 34.2 Å². The molecule has 1 aromatic heterocycles. The predicted molar refractivity (Wildman–Crippen MR) is 56.6 cm³/mol. The van der Waals surface area contributed by atoms with Crippen LogP contribution < -0.4 is 10.2 Å². The molecule has 0 fully saturated rings. The molecule has 5 nitrogen and oxygen atoms in total. The summed E-state index contributed by atoms with van der Waals surface area (Å²) >= 11 is 0. The normalized spacial score (nSPS) is 10.6. The molecule has 0 saturated carbocycles.